The van der Waals surface area contributed by atoms with Crippen molar-refractivity contribution in [3.05, 3.63) is 34.9 Å². The molecule has 2 nitrogen and oxygen atoms in total. The van der Waals surface area contributed by atoms with E-state index in [1.54, 1.807) is 0 Å². The van der Waals surface area contributed by atoms with Crippen LogP contribution in [0.2, 0.25) is 0 Å². The molecule has 0 radical (unpaired) electrons. The van der Waals surface area contributed by atoms with Crippen LogP contribution >= 0.6 is 0 Å². The fraction of sp³-hybridized carbons (Fsp3) is 0.588. The lowest BCUT2D eigenvalue weighted by Crippen LogP contribution is -2.41. The molecule has 0 amide bonds. The maximum Gasteiger partial charge on any atom is 0.166 e. The number of carbonyl (C=O) groups excluding carboxylic acids is 1. The Morgan fingerprint density at radius 3 is 2.45 bits per heavy atom. The quantitative estimate of drug-likeness (QED) is 0.780. The van der Waals surface area contributed by atoms with E-state index in [2.05, 4.69) is 6.07 Å². The van der Waals surface area contributed by atoms with Crippen LogP contribution in [0.4, 0.5) is 0 Å². The van der Waals surface area contributed by atoms with Crippen LogP contribution in [0, 0.1) is 19.8 Å². The molecule has 3 heteroatoms. The summed E-state index contributed by atoms with van der Waals surface area (Å²) in [6.07, 6.45) is 4.93. The van der Waals surface area contributed by atoms with Crippen LogP contribution in [-0.2, 0) is 10.8 Å². The Hall–Kier alpha value is -0.960. The highest BCUT2D eigenvalue weighted by Gasteiger charge is 2.40. The first-order chi connectivity index (χ1) is 9.56. The highest BCUT2D eigenvalue weighted by molar-refractivity contribution is 7.86. The van der Waals surface area contributed by atoms with Gasteiger partial charge in [0.2, 0.25) is 0 Å². The Morgan fingerprint density at radius 2 is 1.80 bits per heavy atom. The summed E-state index contributed by atoms with van der Waals surface area (Å²) < 4.78 is 12.2. The zero-order valence-corrected chi connectivity index (χ0v) is 13.0. The monoisotopic (exact) mass is 290 g/mol. The van der Waals surface area contributed by atoms with Crippen LogP contribution in [0.15, 0.2) is 18.2 Å². The Morgan fingerprint density at radius 1 is 1.15 bits per heavy atom. The average Bonchev–Trinajstić information content (AvgIpc) is 2.40. The number of carbonyl (C=O) groups is 1. The first-order valence-electron chi connectivity index (χ1n) is 7.57. The molecule has 2 fully saturated rings. The number of aryl methyl sites for hydroxylation is 2. The van der Waals surface area contributed by atoms with E-state index in [0.29, 0.717) is 0 Å². The SMILES string of the molecule is Cc1ccc(C)c(C(=O)C2CC3CCCC(C2)S3=O)c1. The molecule has 2 bridgehead atoms. The topological polar surface area (TPSA) is 34.1 Å². The van der Waals surface area contributed by atoms with Gasteiger partial charge in [-0.15, -0.1) is 0 Å². The van der Waals surface area contributed by atoms with E-state index in [9.17, 15) is 9.00 Å². The predicted molar refractivity (Wildman–Crippen MR) is 82.5 cm³/mol. The van der Waals surface area contributed by atoms with E-state index in [1.807, 2.05) is 26.0 Å². The van der Waals surface area contributed by atoms with Crippen LogP contribution < -0.4 is 0 Å². The number of fused-ring (bicyclic) bond motifs is 2. The van der Waals surface area contributed by atoms with Gasteiger partial charge in [-0.2, -0.15) is 0 Å². The first kappa shape index (κ1) is 14.0. The maximum absolute atomic E-state index is 12.8. The molecule has 0 saturated carbocycles. The third-order valence-electron chi connectivity index (χ3n) is 4.83. The molecule has 2 unspecified atom stereocenters. The summed E-state index contributed by atoms with van der Waals surface area (Å²) in [5.74, 6) is 0.364. The zero-order chi connectivity index (χ0) is 14.3. The Labute approximate surface area is 123 Å². The van der Waals surface area contributed by atoms with E-state index in [1.165, 1.54) is 6.42 Å². The molecule has 0 N–H and O–H groups in total. The van der Waals surface area contributed by atoms with E-state index < -0.39 is 10.8 Å². The largest absolute Gasteiger partial charge is 0.294 e. The molecule has 1 aromatic carbocycles. The highest BCUT2D eigenvalue weighted by Crippen LogP contribution is 2.38. The fourth-order valence-corrected chi connectivity index (χ4v) is 5.86. The predicted octanol–water partition coefficient (Wildman–Crippen LogP) is 3.57. The second kappa shape index (κ2) is 5.44. The zero-order valence-electron chi connectivity index (χ0n) is 12.2. The molecule has 20 heavy (non-hydrogen) atoms. The molecule has 2 aliphatic rings. The summed E-state index contributed by atoms with van der Waals surface area (Å²) in [4.78, 5) is 12.8. The average molecular weight is 290 g/mol. The molecule has 0 aliphatic carbocycles. The number of hydrogen-bond donors (Lipinski definition) is 0. The van der Waals surface area contributed by atoms with Crippen molar-refractivity contribution < 1.29 is 9.00 Å². The second-order valence-electron chi connectivity index (χ2n) is 6.35. The van der Waals surface area contributed by atoms with Crippen molar-refractivity contribution in [3.63, 3.8) is 0 Å². The van der Waals surface area contributed by atoms with Crippen LogP contribution in [0.3, 0.4) is 0 Å². The molecule has 2 atom stereocenters. The van der Waals surface area contributed by atoms with Gasteiger partial charge in [0.1, 0.15) is 0 Å². The first-order valence-corrected chi connectivity index (χ1v) is 8.84. The van der Waals surface area contributed by atoms with Gasteiger partial charge in [-0.1, -0.05) is 24.1 Å². The molecule has 1 aromatic rings. The van der Waals surface area contributed by atoms with Gasteiger partial charge in [-0.3, -0.25) is 9.00 Å². The Balaban J connectivity index is 1.84. The molecular weight excluding hydrogens is 268 g/mol. The van der Waals surface area contributed by atoms with Gasteiger partial charge >= 0.3 is 0 Å². The van der Waals surface area contributed by atoms with Crippen LogP contribution in [0.25, 0.3) is 0 Å². The standard InChI is InChI=1S/C17H22O2S/c1-11-6-7-12(2)16(8-11)17(18)13-9-14-4-3-5-15(10-13)20(14)19/h6-8,13-15H,3-5,9-10H2,1-2H3. The fourth-order valence-electron chi connectivity index (χ4n) is 3.67. The second-order valence-corrected chi connectivity index (χ2v) is 8.34. The minimum atomic E-state index is -0.692. The summed E-state index contributed by atoms with van der Waals surface area (Å²) in [5, 5.41) is 0.531. The molecular formula is C17H22O2S. The van der Waals surface area contributed by atoms with Crippen molar-refractivity contribution in [3.8, 4) is 0 Å². The van der Waals surface area contributed by atoms with Crippen molar-refractivity contribution in [2.75, 3.05) is 0 Å². The van der Waals surface area contributed by atoms with E-state index in [0.717, 1.165) is 42.4 Å². The van der Waals surface area contributed by atoms with Crippen molar-refractivity contribution in [1.29, 1.82) is 0 Å². The lowest BCUT2D eigenvalue weighted by molar-refractivity contribution is 0.0894. The summed E-state index contributed by atoms with van der Waals surface area (Å²) in [7, 11) is -0.692. The third-order valence-corrected chi connectivity index (χ3v) is 7.00. The van der Waals surface area contributed by atoms with Crippen molar-refractivity contribution in [1.82, 2.24) is 0 Å². The third kappa shape index (κ3) is 2.48. The summed E-state index contributed by atoms with van der Waals surface area (Å²) in [6, 6.07) is 6.10. The summed E-state index contributed by atoms with van der Waals surface area (Å²) in [5.41, 5.74) is 3.08. The maximum atomic E-state index is 12.8. The normalized spacial score (nSPS) is 32.9. The molecule has 0 spiro atoms. The Kier molecular flexibility index (Phi) is 3.80. The number of benzene rings is 1. The van der Waals surface area contributed by atoms with Gasteiger partial charge in [-0.25, -0.2) is 0 Å². The van der Waals surface area contributed by atoms with E-state index in [-0.39, 0.29) is 22.2 Å². The van der Waals surface area contributed by atoms with E-state index >= 15 is 0 Å². The number of ketones is 1. The molecule has 108 valence electrons. The van der Waals surface area contributed by atoms with Crippen LogP contribution in [0.1, 0.15) is 53.6 Å². The van der Waals surface area contributed by atoms with Crippen molar-refractivity contribution >= 4 is 16.6 Å². The molecule has 2 saturated heterocycles. The van der Waals surface area contributed by atoms with Gasteiger partial charge < -0.3 is 0 Å². The summed E-state index contributed by atoms with van der Waals surface area (Å²) >= 11 is 0. The minimum absolute atomic E-state index is 0.0866. The van der Waals surface area contributed by atoms with Crippen molar-refractivity contribution in [2.45, 2.75) is 56.5 Å². The lowest BCUT2D eigenvalue weighted by Gasteiger charge is -2.37. The Bertz CT molecular complexity index is 548. The highest BCUT2D eigenvalue weighted by atomic mass is 32.2. The minimum Gasteiger partial charge on any atom is -0.294 e. The molecule has 0 aromatic heterocycles. The van der Waals surface area contributed by atoms with Gasteiger partial charge in [0.25, 0.3) is 0 Å². The number of Topliss-reactive ketones (excluding diaryl/α,β-unsaturated/α-hetero) is 1. The molecule has 2 heterocycles. The summed E-state index contributed by atoms with van der Waals surface area (Å²) in [6.45, 7) is 4.04. The van der Waals surface area contributed by atoms with Gasteiger partial charge in [-0.05, 0) is 51.2 Å². The number of hydrogen-bond acceptors (Lipinski definition) is 2. The van der Waals surface area contributed by atoms with Crippen LogP contribution in [-0.4, -0.2) is 20.5 Å². The van der Waals surface area contributed by atoms with Gasteiger partial charge in [0.15, 0.2) is 5.78 Å². The van der Waals surface area contributed by atoms with E-state index in [4.69, 9.17) is 0 Å². The van der Waals surface area contributed by atoms with Gasteiger partial charge in [0.05, 0.1) is 0 Å². The molecule has 2 aliphatic heterocycles. The number of rotatable bonds is 2. The lowest BCUT2D eigenvalue weighted by atomic mass is 9.83. The smallest absolute Gasteiger partial charge is 0.166 e. The molecule has 3 rings (SSSR count). The van der Waals surface area contributed by atoms with Crippen molar-refractivity contribution in [2.24, 2.45) is 5.92 Å². The van der Waals surface area contributed by atoms with Gasteiger partial charge in [0, 0.05) is 32.8 Å². The van der Waals surface area contributed by atoms with Crippen LogP contribution in [0.5, 0.6) is 0 Å².